The number of carbonyl (C=O) groups excluding carboxylic acids is 1. The fourth-order valence-corrected chi connectivity index (χ4v) is 1.90. The van der Waals surface area contributed by atoms with E-state index in [0.717, 1.165) is 24.1 Å². The molecule has 1 aliphatic rings. The third-order valence-electron chi connectivity index (χ3n) is 3.08. The van der Waals surface area contributed by atoms with E-state index in [1.54, 1.807) is 6.08 Å². The van der Waals surface area contributed by atoms with Gasteiger partial charge in [0.15, 0.2) is 0 Å². The van der Waals surface area contributed by atoms with Crippen molar-refractivity contribution in [1.29, 1.82) is 0 Å². The Morgan fingerprint density at radius 3 is 2.58 bits per heavy atom. The van der Waals surface area contributed by atoms with Crippen LogP contribution in [0.25, 0.3) is 6.08 Å². The van der Waals surface area contributed by atoms with Gasteiger partial charge in [-0.2, -0.15) is 0 Å². The predicted octanol–water partition coefficient (Wildman–Crippen LogP) is 2.32. The van der Waals surface area contributed by atoms with Gasteiger partial charge < -0.3 is 4.90 Å². The van der Waals surface area contributed by atoms with Crippen LogP contribution < -0.4 is 4.90 Å². The van der Waals surface area contributed by atoms with Gasteiger partial charge in [0, 0.05) is 32.4 Å². The van der Waals surface area contributed by atoms with Crippen molar-refractivity contribution in [2.24, 2.45) is 0 Å². The Morgan fingerprint density at radius 2 is 2.00 bits per heavy atom. The average Bonchev–Trinajstić information content (AvgIpc) is 2.46. The number of carbonyl (C=O) groups is 1. The lowest BCUT2D eigenvalue weighted by atomic mass is 10.2. The van der Waals surface area contributed by atoms with Crippen molar-refractivity contribution >= 4 is 17.7 Å². The van der Waals surface area contributed by atoms with Crippen LogP contribution in [0.2, 0.25) is 0 Å². The minimum atomic E-state index is -0.0867. The summed E-state index contributed by atoms with van der Waals surface area (Å²) in [5.74, 6) is -0.0867. The summed E-state index contributed by atoms with van der Waals surface area (Å²) in [5, 5.41) is 1.44. The van der Waals surface area contributed by atoms with Crippen molar-refractivity contribution in [3.8, 4) is 0 Å². The van der Waals surface area contributed by atoms with Crippen LogP contribution >= 0.6 is 0 Å². The summed E-state index contributed by atoms with van der Waals surface area (Å²) in [5.41, 5.74) is 2.15. The fourth-order valence-electron chi connectivity index (χ4n) is 1.90. The monoisotopic (exact) mass is 260 g/mol. The first kappa shape index (κ1) is 13.6. The van der Waals surface area contributed by atoms with E-state index in [1.165, 1.54) is 5.06 Å². The van der Waals surface area contributed by atoms with Gasteiger partial charge in [-0.25, -0.2) is 5.06 Å². The molecule has 1 aromatic rings. The lowest BCUT2D eigenvalue weighted by Crippen LogP contribution is -2.34. The highest BCUT2D eigenvalue weighted by Crippen LogP contribution is 2.13. The fraction of sp³-hybridized carbons (Fsp3) is 0.400. The van der Waals surface area contributed by atoms with E-state index in [4.69, 9.17) is 4.84 Å². The highest BCUT2D eigenvalue weighted by Gasteiger charge is 2.14. The molecule has 0 bridgehead atoms. The highest BCUT2D eigenvalue weighted by molar-refractivity contribution is 5.91. The maximum Gasteiger partial charge on any atom is 0.270 e. The van der Waals surface area contributed by atoms with Crippen LogP contribution in [0.15, 0.2) is 30.3 Å². The number of nitrogens with zero attached hydrogens (tertiary/aromatic N) is 2. The smallest absolute Gasteiger partial charge is 0.270 e. The maximum absolute atomic E-state index is 11.9. The maximum atomic E-state index is 11.9. The molecule has 0 aromatic heterocycles. The van der Waals surface area contributed by atoms with Crippen LogP contribution in [0.5, 0.6) is 0 Å². The van der Waals surface area contributed by atoms with Crippen molar-refractivity contribution < 1.29 is 9.63 Å². The molecule has 102 valence electrons. The number of hydroxylamine groups is 2. The molecule has 19 heavy (non-hydrogen) atoms. The number of hydrogen-bond donors (Lipinski definition) is 0. The molecule has 2 rings (SSSR count). The molecule has 0 radical (unpaired) electrons. The predicted molar refractivity (Wildman–Crippen MR) is 76.7 cm³/mol. The number of rotatable bonds is 3. The van der Waals surface area contributed by atoms with Crippen molar-refractivity contribution in [2.45, 2.75) is 12.8 Å². The first-order valence-corrected chi connectivity index (χ1v) is 6.57. The van der Waals surface area contributed by atoms with Gasteiger partial charge in [-0.15, -0.1) is 0 Å². The van der Waals surface area contributed by atoms with E-state index in [2.05, 4.69) is 0 Å². The summed E-state index contributed by atoms with van der Waals surface area (Å²) in [4.78, 5) is 19.2. The number of hydrogen-bond acceptors (Lipinski definition) is 3. The van der Waals surface area contributed by atoms with Crippen molar-refractivity contribution in [1.82, 2.24) is 5.06 Å². The van der Waals surface area contributed by atoms with Gasteiger partial charge in [0.05, 0.1) is 6.61 Å². The van der Waals surface area contributed by atoms with Crippen LogP contribution in [-0.2, 0) is 9.63 Å². The second kappa shape index (κ2) is 6.38. The molecule has 0 atom stereocenters. The minimum Gasteiger partial charge on any atom is -0.378 e. The van der Waals surface area contributed by atoms with E-state index in [9.17, 15) is 4.79 Å². The van der Waals surface area contributed by atoms with Crippen LogP contribution in [0.4, 0.5) is 5.69 Å². The summed E-state index contributed by atoms with van der Waals surface area (Å²) < 4.78 is 0. The quantitative estimate of drug-likeness (QED) is 0.782. The lowest BCUT2D eigenvalue weighted by molar-refractivity contribution is -0.191. The summed E-state index contributed by atoms with van der Waals surface area (Å²) in [6.07, 6.45) is 5.42. The van der Waals surface area contributed by atoms with E-state index >= 15 is 0 Å². The van der Waals surface area contributed by atoms with Gasteiger partial charge in [0.25, 0.3) is 5.91 Å². The normalized spacial score (nSPS) is 15.8. The molecule has 1 saturated heterocycles. The molecule has 1 aliphatic heterocycles. The minimum absolute atomic E-state index is 0.0867. The molecule has 1 heterocycles. The number of benzene rings is 1. The van der Waals surface area contributed by atoms with Crippen molar-refractivity contribution in [2.75, 3.05) is 32.1 Å². The zero-order chi connectivity index (χ0) is 13.7. The number of anilines is 1. The first-order valence-electron chi connectivity index (χ1n) is 6.57. The van der Waals surface area contributed by atoms with Gasteiger partial charge in [0.1, 0.15) is 0 Å². The molecular weight excluding hydrogens is 240 g/mol. The van der Waals surface area contributed by atoms with E-state index in [-0.39, 0.29) is 5.91 Å². The van der Waals surface area contributed by atoms with E-state index < -0.39 is 0 Å². The molecule has 0 unspecified atom stereocenters. The summed E-state index contributed by atoms with van der Waals surface area (Å²) in [6, 6.07) is 8.05. The van der Waals surface area contributed by atoms with Gasteiger partial charge in [-0.05, 0) is 36.6 Å². The van der Waals surface area contributed by atoms with E-state index in [0.29, 0.717) is 13.2 Å². The molecule has 0 saturated carbocycles. The second-order valence-electron chi connectivity index (χ2n) is 4.80. The Morgan fingerprint density at radius 1 is 1.26 bits per heavy atom. The Balaban J connectivity index is 1.95. The molecule has 4 nitrogen and oxygen atoms in total. The van der Waals surface area contributed by atoms with Crippen molar-refractivity contribution in [3.05, 3.63) is 35.9 Å². The molecule has 0 N–H and O–H groups in total. The molecule has 1 fully saturated rings. The Hall–Kier alpha value is -1.81. The van der Waals surface area contributed by atoms with Crippen LogP contribution in [-0.4, -0.2) is 38.2 Å². The summed E-state index contributed by atoms with van der Waals surface area (Å²) in [6.45, 7) is 1.32. The standard InChI is InChI=1S/C15H20N2O2/c1-16(2)14-8-5-13(6-9-14)7-10-15(18)17-11-3-4-12-19-17/h5-10H,3-4,11-12H2,1-2H3/b10-7+. The van der Waals surface area contributed by atoms with Gasteiger partial charge in [-0.1, -0.05) is 12.1 Å². The Bertz CT molecular complexity index is 446. The topological polar surface area (TPSA) is 32.8 Å². The third-order valence-corrected chi connectivity index (χ3v) is 3.08. The van der Waals surface area contributed by atoms with Crippen LogP contribution in [0.3, 0.4) is 0 Å². The van der Waals surface area contributed by atoms with E-state index in [1.807, 2.05) is 49.3 Å². The molecule has 1 amide bonds. The number of amides is 1. The molecule has 0 aliphatic carbocycles. The average molecular weight is 260 g/mol. The van der Waals surface area contributed by atoms with Gasteiger partial charge >= 0.3 is 0 Å². The molecule has 1 aromatic carbocycles. The van der Waals surface area contributed by atoms with Crippen molar-refractivity contribution in [3.63, 3.8) is 0 Å². The first-order chi connectivity index (χ1) is 9.16. The largest absolute Gasteiger partial charge is 0.378 e. The molecule has 4 heteroatoms. The lowest BCUT2D eigenvalue weighted by Gasteiger charge is -2.24. The summed E-state index contributed by atoms with van der Waals surface area (Å²) in [7, 11) is 4.00. The zero-order valence-electron chi connectivity index (χ0n) is 11.5. The highest BCUT2D eigenvalue weighted by atomic mass is 16.7. The third kappa shape index (κ3) is 3.83. The van der Waals surface area contributed by atoms with Gasteiger partial charge in [0.2, 0.25) is 0 Å². The molecule has 0 spiro atoms. The Labute approximate surface area is 114 Å². The molecular formula is C15H20N2O2. The Kier molecular flexibility index (Phi) is 4.58. The zero-order valence-corrected chi connectivity index (χ0v) is 11.5. The van der Waals surface area contributed by atoms with Crippen LogP contribution in [0, 0.1) is 0 Å². The SMILES string of the molecule is CN(C)c1ccc(/C=C/C(=O)N2CCCCO2)cc1. The van der Waals surface area contributed by atoms with Crippen LogP contribution in [0.1, 0.15) is 18.4 Å². The van der Waals surface area contributed by atoms with Gasteiger partial charge in [-0.3, -0.25) is 9.63 Å². The summed E-state index contributed by atoms with van der Waals surface area (Å²) >= 11 is 0. The second-order valence-corrected chi connectivity index (χ2v) is 4.80.